The summed E-state index contributed by atoms with van der Waals surface area (Å²) in [6.45, 7) is 2.04. The van der Waals surface area contributed by atoms with Gasteiger partial charge in [0.1, 0.15) is 5.66 Å². The molecular weight excluding hydrogens is 324 g/mol. The van der Waals surface area contributed by atoms with Gasteiger partial charge in [0.2, 0.25) is 11.9 Å². The summed E-state index contributed by atoms with van der Waals surface area (Å²) in [6.07, 6.45) is 7.21. The Morgan fingerprint density at radius 2 is 1.69 bits per heavy atom. The minimum Gasteiger partial charge on any atom is -0.369 e. The Hall–Kier alpha value is -2.89. The van der Waals surface area contributed by atoms with Gasteiger partial charge in [0.15, 0.2) is 0 Å². The first-order chi connectivity index (χ1) is 12.6. The smallest absolute Gasteiger partial charge is 0.220 e. The average Bonchev–Trinajstić information content (AvgIpc) is 2.63. The number of rotatable bonds is 2. The van der Waals surface area contributed by atoms with Gasteiger partial charge in [-0.05, 0) is 56.4 Å². The maximum absolute atomic E-state index is 6.28. The summed E-state index contributed by atoms with van der Waals surface area (Å²) < 4.78 is 0. The van der Waals surface area contributed by atoms with Crippen LogP contribution >= 0.6 is 0 Å². The molecule has 0 atom stereocenters. The molecule has 2 aromatic rings. The van der Waals surface area contributed by atoms with Crippen LogP contribution in [0.5, 0.6) is 0 Å². The second kappa shape index (κ2) is 6.44. The average molecular weight is 348 g/mol. The van der Waals surface area contributed by atoms with Crippen molar-refractivity contribution in [3.8, 4) is 11.3 Å². The van der Waals surface area contributed by atoms with Crippen molar-refractivity contribution in [2.24, 2.45) is 21.5 Å². The van der Waals surface area contributed by atoms with E-state index in [9.17, 15) is 0 Å². The molecule has 0 bridgehead atoms. The summed E-state index contributed by atoms with van der Waals surface area (Å²) in [7, 11) is 0. The zero-order valence-electron chi connectivity index (χ0n) is 15.0. The number of nitrogens with zero attached hydrogens (tertiary/aromatic N) is 4. The summed E-state index contributed by atoms with van der Waals surface area (Å²) in [4.78, 5) is 15.5. The van der Waals surface area contributed by atoms with Crippen LogP contribution in [-0.2, 0) is 0 Å². The van der Waals surface area contributed by atoms with E-state index in [0.717, 1.165) is 48.2 Å². The molecule has 26 heavy (non-hydrogen) atoms. The van der Waals surface area contributed by atoms with Gasteiger partial charge in [-0.15, -0.1) is 0 Å². The molecule has 1 aromatic carbocycles. The highest BCUT2D eigenvalue weighted by Crippen LogP contribution is 2.39. The highest BCUT2D eigenvalue weighted by atomic mass is 15.4. The van der Waals surface area contributed by atoms with Crippen LogP contribution in [0, 0.1) is 6.92 Å². The Balaban J connectivity index is 1.69. The number of anilines is 1. The highest BCUT2D eigenvalue weighted by Gasteiger charge is 2.42. The second-order valence-corrected chi connectivity index (χ2v) is 7.09. The number of aryl methyl sites for hydroxylation is 1. The molecule has 1 aromatic heterocycles. The zero-order chi connectivity index (χ0) is 18.1. The predicted molar refractivity (Wildman–Crippen MR) is 106 cm³/mol. The number of benzene rings is 1. The number of aromatic nitrogens is 1. The molecule has 2 aliphatic rings. The lowest BCUT2D eigenvalue weighted by molar-refractivity contribution is 0.305. The predicted octanol–water partition coefficient (Wildman–Crippen LogP) is 3.17. The Morgan fingerprint density at radius 3 is 2.35 bits per heavy atom. The Labute approximate surface area is 153 Å². The first kappa shape index (κ1) is 16.6. The fourth-order valence-electron chi connectivity index (χ4n) is 3.91. The number of nitrogens with two attached hydrogens (primary N) is 2. The van der Waals surface area contributed by atoms with Gasteiger partial charge in [-0.1, -0.05) is 24.6 Å². The number of aliphatic imine (C=N–C) groups is 2. The van der Waals surface area contributed by atoms with Gasteiger partial charge in [-0.25, -0.2) is 4.99 Å². The zero-order valence-corrected chi connectivity index (χ0v) is 15.0. The third-order valence-corrected chi connectivity index (χ3v) is 5.18. The Bertz CT molecular complexity index is 845. The molecule has 6 heteroatoms. The summed E-state index contributed by atoms with van der Waals surface area (Å²) in [5.41, 5.74) is 16.0. The number of hydrogen-bond acceptors (Lipinski definition) is 6. The van der Waals surface area contributed by atoms with Gasteiger partial charge >= 0.3 is 0 Å². The van der Waals surface area contributed by atoms with Crippen molar-refractivity contribution in [3.05, 3.63) is 48.2 Å². The molecular formula is C20H24N6. The van der Waals surface area contributed by atoms with E-state index in [4.69, 9.17) is 16.5 Å². The van der Waals surface area contributed by atoms with Gasteiger partial charge in [0, 0.05) is 17.4 Å². The van der Waals surface area contributed by atoms with Crippen molar-refractivity contribution < 1.29 is 0 Å². The van der Waals surface area contributed by atoms with Gasteiger partial charge < -0.3 is 11.5 Å². The molecule has 1 saturated carbocycles. The molecule has 0 unspecified atom stereocenters. The van der Waals surface area contributed by atoms with Gasteiger partial charge in [0.05, 0.1) is 5.69 Å². The molecule has 2 heterocycles. The van der Waals surface area contributed by atoms with Crippen molar-refractivity contribution in [1.29, 1.82) is 0 Å². The largest absolute Gasteiger partial charge is 0.369 e. The van der Waals surface area contributed by atoms with Crippen molar-refractivity contribution in [3.63, 3.8) is 0 Å². The van der Waals surface area contributed by atoms with Crippen LogP contribution in [-0.4, -0.2) is 22.6 Å². The van der Waals surface area contributed by atoms with Crippen molar-refractivity contribution >= 4 is 17.6 Å². The van der Waals surface area contributed by atoms with E-state index in [-0.39, 0.29) is 5.96 Å². The molecule has 134 valence electrons. The van der Waals surface area contributed by atoms with E-state index >= 15 is 0 Å². The van der Waals surface area contributed by atoms with E-state index in [1.165, 1.54) is 6.42 Å². The fraction of sp³-hybridized carbons (Fsp3) is 0.350. The monoisotopic (exact) mass is 348 g/mol. The van der Waals surface area contributed by atoms with Crippen LogP contribution in [0.1, 0.15) is 37.7 Å². The minimum absolute atomic E-state index is 0.279. The van der Waals surface area contributed by atoms with Crippen LogP contribution in [0.4, 0.5) is 5.69 Å². The van der Waals surface area contributed by atoms with Gasteiger partial charge in [-0.3, -0.25) is 9.88 Å². The quantitative estimate of drug-likeness (QED) is 0.872. The van der Waals surface area contributed by atoms with E-state index in [1.54, 1.807) is 0 Å². The highest BCUT2D eigenvalue weighted by molar-refractivity contribution is 6.05. The summed E-state index contributed by atoms with van der Waals surface area (Å²) in [6, 6.07) is 12.4. The van der Waals surface area contributed by atoms with Crippen LogP contribution in [0.2, 0.25) is 0 Å². The van der Waals surface area contributed by atoms with E-state index in [1.807, 2.05) is 19.2 Å². The lowest BCUT2D eigenvalue weighted by atomic mass is 9.87. The van der Waals surface area contributed by atoms with Gasteiger partial charge in [-0.2, -0.15) is 4.99 Å². The number of hydrogen-bond donors (Lipinski definition) is 2. The van der Waals surface area contributed by atoms with E-state index < -0.39 is 5.66 Å². The van der Waals surface area contributed by atoms with Crippen molar-refractivity contribution in [1.82, 2.24) is 4.98 Å². The molecule has 6 nitrogen and oxygen atoms in total. The van der Waals surface area contributed by atoms with Crippen LogP contribution in [0.25, 0.3) is 11.3 Å². The SMILES string of the molecule is Cc1ccc(-c2ccc(N3C(N)=NC(N)=NC34CCCCC4)cc2)nc1. The first-order valence-electron chi connectivity index (χ1n) is 9.10. The van der Waals surface area contributed by atoms with Crippen molar-refractivity contribution in [2.75, 3.05) is 4.90 Å². The lowest BCUT2D eigenvalue weighted by Gasteiger charge is -2.45. The molecule has 1 aliphatic heterocycles. The minimum atomic E-state index is -0.405. The molecule has 4 N–H and O–H groups in total. The summed E-state index contributed by atoms with van der Waals surface area (Å²) >= 11 is 0. The molecule has 4 rings (SSSR count). The van der Waals surface area contributed by atoms with Crippen LogP contribution < -0.4 is 16.4 Å². The molecule has 1 fully saturated rings. The summed E-state index contributed by atoms with van der Waals surface area (Å²) in [5.74, 6) is 0.696. The topological polar surface area (TPSA) is 92.9 Å². The molecule has 0 radical (unpaired) electrons. The number of guanidine groups is 2. The molecule has 0 amide bonds. The molecule has 0 saturated heterocycles. The lowest BCUT2D eigenvalue weighted by Crippen LogP contribution is -2.58. The third kappa shape index (κ3) is 2.92. The Morgan fingerprint density at radius 1 is 0.962 bits per heavy atom. The maximum Gasteiger partial charge on any atom is 0.220 e. The van der Waals surface area contributed by atoms with E-state index in [0.29, 0.717) is 5.96 Å². The van der Waals surface area contributed by atoms with E-state index in [2.05, 4.69) is 45.2 Å². The Kier molecular flexibility index (Phi) is 4.11. The number of pyridine rings is 1. The normalized spacial score (nSPS) is 19.2. The second-order valence-electron chi connectivity index (χ2n) is 7.09. The fourth-order valence-corrected chi connectivity index (χ4v) is 3.91. The van der Waals surface area contributed by atoms with Crippen LogP contribution in [0.3, 0.4) is 0 Å². The molecule has 1 aliphatic carbocycles. The molecule has 1 spiro atoms. The van der Waals surface area contributed by atoms with Crippen LogP contribution in [0.15, 0.2) is 52.6 Å². The third-order valence-electron chi connectivity index (χ3n) is 5.18. The summed E-state index contributed by atoms with van der Waals surface area (Å²) in [5, 5.41) is 0. The van der Waals surface area contributed by atoms with Gasteiger partial charge in [0.25, 0.3) is 0 Å². The van der Waals surface area contributed by atoms with Crippen molar-refractivity contribution in [2.45, 2.75) is 44.7 Å². The standard InChI is InChI=1S/C20H24N6/c1-14-5-10-17(23-13-14)15-6-8-16(9-7-15)26-19(22)24-18(21)25-20(26)11-3-2-4-12-20/h5-10,13H,2-4,11-12H2,1H3,(H4,21,22,24,25). The maximum atomic E-state index is 6.28. The first-order valence-corrected chi connectivity index (χ1v) is 9.10.